The Morgan fingerprint density at radius 2 is 2.44 bits per heavy atom. The van der Waals surface area contributed by atoms with Crippen LogP contribution in [0.5, 0.6) is 0 Å². The number of aromatic amines is 1. The summed E-state index contributed by atoms with van der Waals surface area (Å²) in [6.07, 6.45) is 2.71. The van der Waals surface area contributed by atoms with Gasteiger partial charge in [-0.15, -0.1) is 0 Å². The van der Waals surface area contributed by atoms with E-state index < -0.39 is 0 Å². The molecule has 5 heteroatoms. The summed E-state index contributed by atoms with van der Waals surface area (Å²) >= 11 is 5.77. The highest BCUT2D eigenvalue weighted by molar-refractivity contribution is 6.30. The number of hydrogen-bond donors (Lipinski definition) is 1. The third kappa shape index (κ3) is 1.90. The minimum Gasteiger partial charge on any atom is -0.277 e. The Labute approximate surface area is 97.6 Å². The lowest BCUT2D eigenvalue weighted by atomic mass is 10.1. The van der Waals surface area contributed by atoms with Crippen LogP contribution in [0.3, 0.4) is 0 Å². The second-order valence-electron chi connectivity index (χ2n) is 3.39. The van der Waals surface area contributed by atoms with Crippen LogP contribution in [0.15, 0.2) is 18.8 Å². The first kappa shape index (κ1) is 10.7. The molecule has 0 atom stereocenters. The summed E-state index contributed by atoms with van der Waals surface area (Å²) < 4.78 is 0. The Morgan fingerprint density at radius 1 is 1.62 bits per heavy atom. The van der Waals surface area contributed by atoms with E-state index in [0.29, 0.717) is 18.0 Å². The van der Waals surface area contributed by atoms with Gasteiger partial charge in [-0.3, -0.25) is 5.10 Å². The molecule has 0 saturated carbocycles. The first-order valence-corrected chi connectivity index (χ1v) is 5.15. The smallest absolute Gasteiger partial charge is 0.131 e. The maximum Gasteiger partial charge on any atom is 0.131 e. The number of halogens is 1. The average molecular weight is 233 g/mol. The molecule has 80 valence electrons. The highest BCUT2D eigenvalue weighted by atomic mass is 35.5. The zero-order valence-electron chi connectivity index (χ0n) is 8.50. The summed E-state index contributed by atoms with van der Waals surface area (Å²) in [6.45, 7) is 3.91. The lowest BCUT2D eigenvalue weighted by molar-refractivity contribution is 1.04. The van der Waals surface area contributed by atoms with Gasteiger partial charge in [0.2, 0.25) is 0 Å². The molecule has 0 amide bonds. The van der Waals surface area contributed by atoms with E-state index in [-0.39, 0.29) is 0 Å². The molecule has 2 aromatic rings. The molecule has 2 heterocycles. The highest BCUT2D eigenvalue weighted by Crippen LogP contribution is 2.24. The number of hydrogen-bond acceptors (Lipinski definition) is 3. The van der Waals surface area contributed by atoms with Crippen molar-refractivity contribution in [1.29, 1.82) is 5.26 Å². The molecular formula is C11H9ClN4. The molecule has 1 N–H and O–H groups in total. The highest BCUT2D eigenvalue weighted by Gasteiger charge is 2.09. The van der Waals surface area contributed by atoms with Crippen LogP contribution in [0.25, 0.3) is 16.5 Å². The van der Waals surface area contributed by atoms with E-state index in [1.807, 2.05) is 0 Å². The summed E-state index contributed by atoms with van der Waals surface area (Å²) in [4.78, 5) is 4.00. The molecule has 0 bridgehead atoms. The van der Waals surface area contributed by atoms with E-state index in [1.165, 1.54) is 0 Å². The molecule has 0 fully saturated rings. The first-order chi connectivity index (χ1) is 7.72. The zero-order valence-corrected chi connectivity index (χ0v) is 9.25. The fraction of sp³-hybridized carbons (Fsp3) is 0.182. The van der Waals surface area contributed by atoms with Gasteiger partial charge in [0, 0.05) is 24.1 Å². The summed E-state index contributed by atoms with van der Waals surface area (Å²) in [5, 5.41) is 16.8. The Morgan fingerprint density at radius 3 is 3.19 bits per heavy atom. The number of pyridine rings is 1. The van der Waals surface area contributed by atoms with Crippen LogP contribution in [0, 0.1) is 11.3 Å². The van der Waals surface area contributed by atoms with Crippen molar-refractivity contribution in [3.05, 3.63) is 29.7 Å². The van der Waals surface area contributed by atoms with E-state index >= 15 is 0 Å². The number of nitrogens with zero attached hydrogens (tertiary/aromatic N) is 3. The van der Waals surface area contributed by atoms with Gasteiger partial charge in [0.05, 0.1) is 17.3 Å². The van der Waals surface area contributed by atoms with Gasteiger partial charge in [-0.25, -0.2) is 4.98 Å². The quantitative estimate of drug-likeness (QED) is 0.828. The largest absolute Gasteiger partial charge is 0.277 e. The monoisotopic (exact) mass is 232 g/mol. The van der Waals surface area contributed by atoms with E-state index in [2.05, 4.69) is 27.8 Å². The predicted molar refractivity (Wildman–Crippen MR) is 62.8 cm³/mol. The van der Waals surface area contributed by atoms with Gasteiger partial charge in [-0.2, -0.15) is 10.4 Å². The Balaban J connectivity index is 2.39. The van der Waals surface area contributed by atoms with Gasteiger partial charge in [0.15, 0.2) is 0 Å². The van der Waals surface area contributed by atoms with Crippen molar-refractivity contribution in [3.8, 4) is 6.07 Å². The molecule has 0 radical (unpaired) electrons. The van der Waals surface area contributed by atoms with E-state index in [9.17, 15) is 0 Å². The lowest BCUT2D eigenvalue weighted by Gasteiger charge is -1.98. The molecule has 0 aliphatic carbocycles. The van der Waals surface area contributed by atoms with Crippen LogP contribution < -0.4 is 0 Å². The number of nitriles is 1. The molecule has 4 nitrogen and oxygen atoms in total. The average Bonchev–Trinajstić information content (AvgIpc) is 2.68. The van der Waals surface area contributed by atoms with Crippen molar-refractivity contribution in [2.45, 2.75) is 12.8 Å². The van der Waals surface area contributed by atoms with Gasteiger partial charge in [-0.05, 0) is 12.0 Å². The third-order valence-electron chi connectivity index (χ3n) is 2.29. The number of nitrogens with one attached hydrogen (secondary N) is 1. The number of H-pyrrole nitrogens is 1. The van der Waals surface area contributed by atoms with Crippen molar-refractivity contribution in [3.63, 3.8) is 0 Å². The van der Waals surface area contributed by atoms with Gasteiger partial charge in [-0.1, -0.05) is 18.2 Å². The lowest BCUT2D eigenvalue weighted by Crippen LogP contribution is -1.84. The van der Waals surface area contributed by atoms with Crippen LogP contribution in [0.1, 0.15) is 18.5 Å². The van der Waals surface area contributed by atoms with Crippen LogP contribution >= 0.6 is 11.6 Å². The van der Waals surface area contributed by atoms with Crippen molar-refractivity contribution < 1.29 is 0 Å². The molecule has 0 aliphatic heterocycles. The molecule has 16 heavy (non-hydrogen) atoms. The number of allylic oxidation sites excluding steroid dienone is 1. The van der Waals surface area contributed by atoms with Crippen molar-refractivity contribution in [2.24, 2.45) is 0 Å². The second-order valence-corrected chi connectivity index (χ2v) is 3.77. The Hall–Kier alpha value is -1.86. The van der Waals surface area contributed by atoms with E-state index in [0.717, 1.165) is 22.2 Å². The summed E-state index contributed by atoms with van der Waals surface area (Å²) in [5.74, 6) is 0. The summed E-state index contributed by atoms with van der Waals surface area (Å²) in [7, 11) is 0. The maximum atomic E-state index is 8.51. The Kier molecular flexibility index (Phi) is 2.88. The van der Waals surface area contributed by atoms with Crippen LogP contribution in [-0.2, 0) is 0 Å². The number of aromatic nitrogens is 3. The maximum absolute atomic E-state index is 8.51. The third-order valence-corrected chi connectivity index (χ3v) is 2.49. The van der Waals surface area contributed by atoms with Crippen LogP contribution in [0.2, 0.25) is 5.15 Å². The normalized spacial score (nSPS) is 10.2. The van der Waals surface area contributed by atoms with Gasteiger partial charge >= 0.3 is 0 Å². The van der Waals surface area contributed by atoms with Crippen LogP contribution in [0.4, 0.5) is 0 Å². The van der Waals surface area contributed by atoms with Crippen molar-refractivity contribution in [1.82, 2.24) is 15.2 Å². The van der Waals surface area contributed by atoms with Crippen molar-refractivity contribution in [2.75, 3.05) is 0 Å². The van der Waals surface area contributed by atoms with Crippen LogP contribution in [-0.4, -0.2) is 15.2 Å². The molecule has 0 aliphatic rings. The molecular weight excluding hydrogens is 224 g/mol. The molecule has 0 unspecified atom stereocenters. The predicted octanol–water partition coefficient (Wildman–Crippen LogP) is 2.93. The number of rotatable bonds is 3. The molecule has 0 aromatic carbocycles. The second kappa shape index (κ2) is 4.33. The van der Waals surface area contributed by atoms with Gasteiger partial charge < -0.3 is 0 Å². The fourth-order valence-electron chi connectivity index (χ4n) is 1.48. The summed E-state index contributed by atoms with van der Waals surface area (Å²) in [6, 6.07) is 3.80. The van der Waals surface area contributed by atoms with Crippen molar-refractivity contribution >= 4 is 28.1 Å². The molecule has 2 rings (SSSR count). The SMILES string of the molecule is C=C(CCC#N)c1n[nH]c2cc(Cl)ncc12. The molecule has 0 spiro atoms. The van der Waals surface area contributed by atoms with Gasteiger partial charge in [0.1, 0.15) is 5.15 Å². The molecule has 2 aromatic heterocycles. The van der Waals surface area contributed by atoms with E-state index in [1.54, 1.807) is 12.3 Å². The summed E-state index contributed by atoms with van der Waals surface area (Å²) in [5.41, 5.74) is 2.42. The molecule has 0 saturated heterocycles. The minimum absolute atomic E-state index is 0.422. The zero-order chi connectivity index (χ0) is 11.5. The van der Waals surface area contributed by atoms with E-state index in [4.69, 9.17) is 16.9 Å². The standard InChI is InChI=1S/C11H9ClN4/c1-7(3-2-4-13)11-8-6-14-10(12)5-9(8)15-16-11/h5-6H,1-3H2,(H,15,16). The Bertz CT molecular complexity index is 579. The first-order valence-electron chi connectivity index (χ1n) is 4.77. The number of fused-ring (bicyclic) bond motifs is 1. The fourth-order valence-corrected chi connectivity index (χ4v) is 1.64. The van der Waals surface area contributed by atoms with Gasteiger partial charge in [0.25, 0.3) is 0 Å². The topological polar surface area (TPSA) is 65.4 Å². The minimum atomic E-state index is 0.422.